The zero-order valence-corrected chi connectivity index (χ0v) is 20.4. The molecule has 5 atom stereocenters. The summed E-state index contributed by atoms with van der Waals surface area (Å²) < 4.78 is 16.7. The van der Waals surface area contributed by atoms with Gasteiger partial charge in [-0.3, -0.25) is 14.5 Å². The topological polar surface area (TPSA) is 158 Å². The van der Waals surface area contributed by atoms with Crippen LogP contribution in [0.1, 0.15) is 40.0 Å². The van der Waals surface area contributed by atoms with Crippen molar-refractivity contribution >= 4 is 17.5 Å². The predicted molar refractivity (Wildman–Crippen MR) is 132 cm³/mol. The summed E-state index contributed by atoms with van der Waals surface area (Å²) in [4.78, 5) is 26.1. The lowest BCUT2D eigenvalue weighted by atomic mass is 9.98. The van der Waals surface area contributed by atoms with Crippen LogP contribution >= 0.6 is 0 Å². The van der Waals surface area contributed by atoms with Crippen LogP contribution < -0.4 is 14.8 Å². The Bertz CT molecular complexity index is 1070. The number of rotatable bonds is 11. The minimum atomic E-state index is -1.48. The molecule has 4 rings (SSSR count). The van der Waals surface area contributed by atoms with Gasteiger partial charge in [0.05, 0.1) is 31.5 Å². The average Bonchev–Trinajstić information content (AvgIpc) is 3.16. The first kappa shape index (κ1) is 26.8. The molecule has 1 fully saturated rings. The van der Waals surface area contributed by atoms with Crippen molar-refractivity contribution in [2.24, 2.45) is 0 Å². The molecule has 5 N–H and O–H groups in total. The maximum Gasteiger partial charge on any atom is 0.261 e. The first-order chi connectivity index (χ1) is 17.8. The largest absolute Gasteiger partial charge is 0.493 e. The summed E-state index contributed by atoms with van der Waals surface area (Å²) in [7, 11) is 1.49. The van der Waals surface area contributed by atoms with Crippen molar-refractivity contribution < 1.29 is 44.2 Å². The minimum Gasteiger partial charge on any atom is -0.493 e. The number of hydrogen-bond donors (Lipinski definition) is 5. The summed E-state index contributed by atoms with van der Waals surface area (Å²) in [6.45, 7) is 0.240. The molecule has 37 heavy (non-hydrogen) atoms. The Morgan fingerprint density at radius 2 is 1.62 bits per heavy atom. The van der Waals surface area contributed by atoms with Gasteiger partial charge >= 0.3 is 0 Å². The second-order valence-corrected chi connectivity index (χ2v) is 8.98. The second kappa shape index (κ2) is 11.9. The Morgan fingerprint density at radius 1 is 0.919 bits per heavy atom. The van der Waals surface area contributed by atoms with Crippen molar-refractivity contribution in [3.8, 4) is 11.5 Å². The standard InChI is InChI=1S/C26H32N2O9/c1-35-19-13-15(27-24-23(32)22(31)21(30)20(14-29)37-24)9-10-18(19)36-12-6-2-5-11-28-25(33)16-7-3-4-8-17(16)26(28)34/h3-4,7-10,13,20-24,27,29-32H,2,5-6,11-12,14H2,1H3/t20-,21+,22+,23-,24?/m1/s1. The van der Waals surface area contributed by atoms with Crippen molar-refractivity contribution in [2.75, 3.05) is 32.2 Å². The number of aliphatic hydroxyl groups is 4. The molecular formula is C26H32N2O9. The molecule has 1 unspecified atom stereocenters. The van der Waals surface area contributed by atoms with E-state index in [1.807, 2.05) is 0 Å². The lowest BCUT2D eigenvalue weighted by Gasteiger charge is -2.40. The molecule has 1 saturated heterocycles. The van der Waals surface area contributed by atoms with Crippen molar-refractivity contribution in [3.05, 3.63) is 53.6 Å². The second-order valence-electron chi connectivity index (χ2n) is 8.98. The number of aliphatic hydroxyl groups excluding tert-OH is 4. The van der Waals surface area contributed by atoms with Crippen LogP contribution in [0.5, 0.6) is 11.5 Å². The first-order valence-corrected chi connectivity index (χ1v) is 12.2. The molecule has 11 nitrogen and oxygen atoms in total. The maximum atomic E-state index is 12.4. The van der Waals surface area contributed by atoms with E-state index in [4.69, 9.17) is 14.2 Å². The van der Waals surface area contributed by atoms with Crippen molar-refractivity contribution in [3.63, 3.8) is 0 Å². The average molecular weight is 517 g/mol. The van der Waals surface area contributed by atoms with E-state index in [1.54, 1.807) is 42.5 Å². The van der Waals surface area contributed by atoms with E-state index in [-0.39, 0.29) is 11.8 Å². The van der Waals surface area contributed by atoms with Gasteiger partial charge in [-0.1, -0.05) is 12.1 Å². The van der Waals surface area contributed by atoms with Gasteiger partial charge in [0.25, 0.3) is 11.8 Å². The summed E-state index contributed by atoms with van der Waals surface area (Å²) >= 11 is 0. The lowest BCUT2D eigenvalue weighted by molar-refractivity contribution is -0.221. The van der Waals surface area contributed by atoms with Crippen LogP contribution in [0.25, 0.3) is 0 Å². The van der Waals surface area contributed by atoms with Crippen LogP contribution in [0.4, 0.5) is 5.69 Å². The van der Waals surface area contributed by atoms with Gasteiger partial charge in [0.15, 0.2) is 17.7 Å². The number of carbonyl (C=O) groups excluding carboxylic acids is 2. The summed E-state index contributed by atoms with van der Waals surface area (Å²) in [6.07, 6.45) is -4.29. The molecule has 200 valence electrons. The van der Waals surface area contributed by atoms with E-state index in [0.29, 0.717) is 54.3 Å². The molecule has 2 heterocycles. The molecule has 2 aromatic carbocycles. The fourth-order valence-corrected chi connectivity index (χ4v) is 4.43. The quantitative estimate of drug-likeness (QED) is 0.213. The van der Waals surface area contributed by atoms with Gasteiger partial charge in [0.1, 0.15) is 24.4 Å². The van der Waals surface area contributed by atoms with E-state index in [0.717, 1.165) is 6.42 Å². The zero-order chi connectivity index (χ0) is 26.5. The number of nitrogens with one attached hydrogen (secondary N) is 1. The molecule has 2 aromatic rings. The highest BCUT2D eigenvalue weighted by molar-refractivity contribution is 6.21. The highest BCUT2D eigenvalue weighted by Gasteiger charge is 2.43. The van der Waals surface area contributed by atoms with E-state index >= 15 is 0 Å². The highest BCUT2D eigenvalue weighted by Crippen LogP contribution is 2.32. The molecule has 0 aliphatic carbocycles. The van der Waals surface area contributed by atoms with E-state index in [9.17, 15) is 30.0 Å². The SMILES string of the molecule is COc1cc(NC2O[C@H](CO)[C@H](O)[C@H](O)[C@H]2O)ccc1OCCCCCN1C(=O)c2ccccc2C1=O. The number of anilines is 1. The molecule has 0 spiro atoms. The molecule has 2 aliphatic heterocycles. The fraction of sp³-hybridized carbons (Fsp3) is 0.462. The summed E-state index contributed by atoms with van der Waals surface area (Å²) in [5, 5.41) is 42.4. The van der Waals surface area contributed by atoms with Gasteiger partial charge in [-0.2, -0.15) is 0 Å². The van der Waals surface area contributed by atoms with Crippen molar-refractivity contribution in [1.29, 1.82) is 0 Å². The number of benzene rings is 2. The van der Waals surface area contributed by atoms with Crippen LogP contribution in [-0.4, -0.2) is 94.7 Å². The number of amides is 2. The van der Waals surface area contributed by atoms with E-state index in [1.165, 1.54) is 12.0 Å². The number of carbonyl (C=O) groups is 2. The number of hydrogen-bond acceptors (Lipinski definition) is 10. The van der Waals surface area contributed by atoms with Gasteiger partial charge in [-0.25, -0.2) is 0 Å². The van der Waals surface area contributed by atoms with E-state index < -0.39 is 37.3 Å². The van der Waals surface area contributed by atoms with Crippen molar-refractivity contribution in [1.82, 2.24) is 4.90 Å². The third-order valence-corrected chi connectivity index (χ3v) is 6.53. The van der Waals surface area contributed by atoms with Gasteiger partial charge in [-0.15, -0.1) is 0 Å². The smallest absolute Gasteiger partial charge is 0.261 e. The lowest BCUT2D eigenvalue weighted by Crippen LogP contribution is -2.60. The Hall–Kier alpha value is -3.22. The number of unbranched alkanes of at least 4 members (excludes halogenated alkanes) is 2. The summed E-state index contributed by atoms with van der Waals surface area (Å²) in [6, 6.07) is 11.8. The predicted octanol–water partition coefficient (Wildman–Crippen LogP) is 0.752. The van der Waals surface area contributed by atoms with Crippen LogP contribution in [0.3, 0.4) is 0 Å². The third-order valence-electron chi connectivity index (χ3n) is 6.53. The maximum absolute atomic E-state index is 12.4. The zero-order valence-electron chi connectivity index (χ0n) is 20.4. The molecular weight excluding hydrogens is 484 g/mol. The van der Waals surface area contributed by atoms with Crippen molar-refractivity contribution in [2.45, 2.75) is 49.9 Å². The molecule has 0 aromatic heterocycles. The first-order valence-electron chi connectivity index (χ1n) is 12.2. The van der Waals surface area contributed by atoms with Gasteiger partial charge < -0.3 is 40.0 Å². The van der Waals surface area contributed by atoms with Crippen LogP contribution in [0.15, 0.2) is 42.5 Å². The Labute approximate surface area is 214 Å². The highest BCUT2D eigenvalue weighted by atomic mass is 16.6. The molecule has 0 saturated carbocycles. The molecule has 0 bridgehead atoms. The number of imide groups is 1. The number of fused-ring (bicyclic) bond motifs is 1. The monoisotopic (exact) mass is 516 g/mol. The van der Waals surface area contributed by atoms with Gasteiger partial charge in [0, 0.05) is 18.3 Å². The van der Waals surface area contributed by atoms with Crippen LogP contribution in [0, 0.1) is 0 Å². The van der Waals surface area contributed by atoms with Gasteiger partial charge in [-0.05, 0) is 43.5 Å². The van der Waals surface area contributed by atoms with Crippen LogP contribution in [0.2, 0.25) is 0 Å². The Morgan fingerprint density at radius 3 is 2.27 bits per heavy atom. The number of ether oxygens (including phenoxy) is 3. The summed E-state index contributed by atoms with van der Waals surface area (Å²) in [5.74, 6) is 0.431. The van der Waals surface area contributed by atoms with E-state index in [2.05, 4.69) is 5.32 Å². The Balaban J connectivity index is 1.24. The molecule has 2 aliphatic rings. The molecule has 0 radical (unpaired) electrons. The normalized spacial score (nSPS) is 25.2. The molecule has 2 amide bonds. The minimum absolute atomic E-state index is 0.251. The number of methoxy groups -OCH3 is 1. The van der Waals surface area contributed by atoms with Crippen LogP contribution in [-0.2, 0) is 4.74 Å². The number of nitrogens with zero attached hydrogens (tertiary/aromatic N) is 1. The van der Waals surface area contributed by atoms with Gasteiger partial charge in [0.2, 0.25) is 0 Å². The fourth-order valence-electron chi connectivity index (χ4n) is 4.43. The third kappa shape index (κ3) is 5.71. The summed E-state index contributed by atoms with van der Waals surface area (Å²) in [5.41, 5.74) is 1.41. The Kier molecular flexibility index (Phi) is 8.62. The molecule has 11 heteroatoms.